The van der Waals surface area contributed by atoms with Crippen molar-refractivity contribution in [1.29, 1.82) is 0 Å². The van der Waals surface area contributed by atoms with Crippen LogP contribution in [0.25, 0.3) is 22.6 Å². The number of pyridine rings is 3. The monoisotopic (exact) mass is 289 g/mol. The molecule has 22 heavy (non-hydrogen) atoms. The molecule has 0 unspecified atom stereocenters. The molecule has 0 spiro atoms. The fraction of sp³-hybridized carbons (Fsp3) is 0.211. The van der Waals surface area contributed by atoms with Crippen LogP contribution in [0.2, 0.25) is 0 Å². The highest BCUT2D eigenvalue weighted by atomic mass is 14.8. The second-order valence-electron chi connectivity index (χ2n) is 6.29. The Morgan fingerprint density at radius 3 is 2.23 bits per heavy atom. The maximum atomic E-state index is 4.55. The Balaban J connectivity index is 2.14. The predicted molar refractivity (Wildman–Crippen MR) is 89.4 cm³/mol. The first kappa shape index (κ1) is 14.4. The van der Waals surface area contributed by atoms with Gasteiger partial charge in [-0.05, 0) is 47.4 Å². The van der Waals surface area contributed by atoms with Gasteiger partial charge in [-0.3, -0.25) is 15.0 Å². The van der Waals surface area contributed by atoms with Crippen LogP contribution in [0.15, 0.2) is 61.1 Å². The molecule has 0 aliphatic carbocycles. The summed E-state index contributed by atoms with van der Waals surface area (Å²) in [6, 6.07) is 14.0. The van der Waals surface area contributed by atoms with Gasteiger partial charge in [-0.2, -0.15) is 0 Å². The Labute approximate surface area is 131 Å². The second-order valence-corrected chi connectivity index (χ2v) is 6.29. The topological polar surface area (TPSA) is 38.7 Å². The van der Waals surface area contributed by atoms with E-state index in [0.717, 1.165) is 22.6 Å². The lowest BCUT2D eigenvalue weighted by atomic mass is 9.87. The van der Waals surface area contributed by atoms with Crippen molar-refractivity contribution in [1.82, 2.24) is 15.0 Å². The smallest absolute Gasteiger partial charge is 0.0980 e. The maximum absolute atomic E-state index is 4.55. The van der Waals surface area contributed by atoms with E-state index in [1.807, 2.05) is 36.5 Å². The zero-order valence-corrected chi connectivity index (χ0v) is 13.1. The Morgan fingerprint density at radius 2 is 1.50 bits per heavy atom. The molecule has 0 radical (unpaired) electrons. The fourth-order valence-corrected chi connectivity index (χ4v) is 2.36. The van der Waals surface area contributed by atoms with E-state index in [9.17, 15) is 0 Å². The summed E-state index contributed by atoms with van der Waals surface area (Å²) in [5, 5.41) is 0. The van der Waals surface area contributed by atoms with Gasteiger partial charge < -0.3 is 0 Å². The number of aromatic nitrogens is 3. The van der Waals surface area contributed by atoms with Crippen LogP contribution in [0.5, 0.6) is 0 Å². The SMILES string of the molecule is CC(C)(C)c1ccnc(-c2ncccc2-c2ccccn2)c1. The molecule has 0 atom stereocenters. The molecule has 110 valence electrons. The third-order valence-corrected chi connectivity index (χ3v) is 3.62. The van der Waals surface area contributed by atoms with E-state index in [1.54, 1.807) is 12.4 Å². The summed E-state index contributed by atoms with van der Waals surface area (Å²) in [7, 11) is 0. The molecule has 0 saturated carbocycles. The van der Waals surface area contributed by atoms with Crippen LogP contribution in [-0.2, 0) is 5.41 Å². The first-order valence-electron chi connectivity index (χ1n) is 7.39. The molecule has 3 aromatic heterocycles. The fourth-order valence-electron chi connectivity index (χ4n) is 2.36. The van der Waals surface area contributed by atoms with E-state index < -0.39 is 0 Å². The molecule has 3 aromatic rings. The lowest BCUT2D eigenvalue weighted by Gasteiger charge is -2.19. The standard InChI is InChI=1S/C19H19N3/c1-19(2,3)14-9-12-21-17(13-14)18-15(7-6-11-22-18)16-8-4-5-10-20-16/h4-13H,1-3H3. The third kappa shape index (κ3) is 2.89. The van der Waals surface area contributed by atoms with Crippen molar-refractivity contribution in [2.45, 2.75) is 26.2 Å². The summed E-state index contributed by atoms with van der Waals surface area (Å²) in [4.78, 5) is 13.5. The number of nitrogens with zero attached hydrogens (tertiary/aromatic N) is 3. The molecule has 3 nitrogen and oxygen atoms in total. The Hall–Kier alpha value is -2.55. The molecular weight excluding hydrogens is 270 g/mol. The highest BCUT2D eigenvalue weighted by Crippen LogP contribution is 2.30. The van der Waals surface area contributed by atoms with Gasteiger partial charge in [-0.25, -0.2) is 0 Å². The van der Waals surface area contributed by atoms with Crippen molar-refractivity contribution in [3.8, 4) is 22.6 Å². The highest BCUT2D eigenvalue weighted by molar-refractivity contribution is 5.77. The molecule has 3 heteroatoms. The number of hydrogen-bond acceptors (Lipinski definition) is 3. The molecule has 3 rings (SSSR count). The number of rotatable bonds is 2. The average molecular weight is 289 g/mol. The van der Waals surface area contributed by atoms with Gasteiger partial charge in [0.25, 0.3) is 0 Å². The Morgan fingerprint density at radius 1 is 0.727 bits per heavy atom. The van der Waals surface area contributed by atoms with Gasteiger partial charge in [-0.1, -0.05) is 26.8 Å². The molecule has 3 heterocycles. The summed E-state index contributed by atoms with van der Waals surface area (Å²) in [5.41, 5.74) is 4.99. The van der Waals surface area contributed by atoms with Crippen LogP contribution >= 0.6 is 0 Å². The van der Waals surface area contributed by atoms with Crippen molar-refractivity contribution in [2.24, 2.45) is 0 Å². The largest absolute Gasteiger partial charge is 0.256 e. The Kier molecular flexibility index (Phi) is 3.72. The molecular formula is C19H19N3. The Bertz CT molecular complexity index is 774. The van der Waals surface area contributed by atoms with Gasteiger partial charge in [-0.15, -0.1) is 0 Å². The van der Waals surface area contributed by atoms with Crippen LogP contribution in [0, 0.1) is 0 Å². The van der Waals surface area contributed by atoms with Crippen LogP contribution in [0.4, 0.5) is 0 Å². The highest BCUT2D eigenvalue weighted by Gasteiger charge is 2.16. The first-order valence-corrected chi connectivity index (χ1v) is 7.39. The summed E-state index contributed by atoms with van der Waals surface area (Å²) >= 11 is 0. The quantitative estimate of drug-likeness (QED) is 0.697. The molecule has 0 bridgehead atoms. The lowest BCUT2D eigenvalue weighted by Crippen LogP contribution is -2.11. The van der Waals surface area contributed by atoms with Gasteiger partial charge in [0.1, 0.15) is 0 Å². The molecule has 0 fully saturated rings. The molecule has 0 N–H and O–H groups in total. The summed E-state index contributed by atoms with van der Waals surface area (Å²) in [5.74, 6) is 0. The van der Waals surface area contributed by atoms with E-state index in [-0.39, 0.29) is 5.41 Å². The van der Waals surface area contributed by atoms with Gasteiger partial charge in [0.05, 0.1) is 17.1 Å². The number of hydrogen-bond donors (Lipinski definition) is 0. The van der Waals surface area contributed by atoms with Gasteiger partial charge in [0.15, 0.2) is 0 Å². The van der Waals surface area contributed by atoms with E-state index in [1.165, 1.54) is 5.56 Å². The predicted octanol–water partition coefficient (Wildman–Crippen LogP) is 4.50. The molecule has 0 saturated heterocycles. The van der Waals surface area contributed by atoms with Crippen molar-refractivity contribution >= 4 is 0 Å². The second kappa shape index (κ2) is 5.68. The zero-order valence-electron chi connectivity index (χ0n) is 13.1. The summed E-state index contributed by atoms with van der Waals surface area (Å²) in [6.07, 6.45) is 5.45. The molecule has 0 aromatic carbocycles. The van der Waals surface area contributed by atoms with E-state index in [2.05, 4.69) is 47.9 Å². The van der Waals surface area contributed by atoms with E-state index in [4.69, 9.17) is 0 Å². The average Bonchev–Trinajstić information content (AvgIpc) is 2.55. The minimum atomic E-state index is 0.0810. The van der Waals surface area contributed by atoms with E-state index in [0.29, 0.717) is 0 Å². The molecule has 0 aliphatic rings. The third-order valence-electron chi connectivity index (χ3n) is 3.62. The van der Waals surface area contributed by atoms with Gasteiger partial charge >= 0.3 is 0 Å². The maximum Gasteiger partial charge on any atom is 0.0980 e. The van der Waals surface area contributed by atoms with Crippen LogP contribution in [-0.4, -0.2) is 15.0 Å². The lowest BCUT2D eigenvalue weighted by molar-refractivity contribution is 0.589. The van der Waals surface area contributed by atoms with Crippen molar-refractivity contribution in [3.63, 3.8) is 0 Å². The van der Waals surface area contributed by atoms with Gasteiger partial charge in [0.2, 0.25) is 0 Å². The van der Waals surface area contributed by atoms with Crippen molar-refractivity contribution in [3.05, 3.63) is 66.6 Å². The van der Waals surface area contributed by atoms with Gasteiger partial charge in [0, 0.05) is 24.2 Å². The molecule has 0 amide bonds. The van der Waals surface area contributed by atoms with Crippen molar-refractivity contribution < 1.29 is 0 Å². The van der Waals surface area contributed by atoms with E-state index >= 15 is 0 Å². The summed E-state index contributed by atoms with van der Waals surface area (Å²) in [6.45, 7) is 6.60. The van der Waals surface area contributed by atoms with Crippen LogP contribution in [0.3, 0.4) is 0 Å². The summed E-state index contributed by atoms with van der Waals surface area (Å²) < 4.78 is 0. The van der Waals surface area contributed by atoms with Crippen LogP contribution in [0.1, 0.15) is 26.3 Å². The zero-order chi connectivity index (χ0) is 15.6. The van der Waals surface area contributed by atoms with Crippen molar-refractivity contribution in [2.75, 3.05) is 0 Å². The molecule has 0 aliphatic heterocycles. The van der Waals surface area contributed by atoms with Crippen LogP contribution < -0.4 is 0 Å². The normalized spacial score (nSPS) is 11.4. The first-order chi connectivity index (χ1) is 10.6. The minimum Gasteiger partial charge on any atom is -0.256 e. The minimum absolute atomic E-state index is 0.0810.